The number of rotatable bonds is 5. The van der Waals surface area contributed by atoms with E-state index in [0.29, 0.717) is 24.1 Å². The van der Waals surface area contributed by atoms with E-state index in [1.165, 1.54) is 0 Å². The summed E-state index contributed by atoms with van der Waals surface area (Å²) >= 11 is 0. The van der Waals surface area contributed by atoms with Gasteiger partial charge in [0.2, 0.25) is 0 Å². The monoisotopic (exact) mass is 327 g/mol. The summed E-state index contributed by atoms with van der Waals surface area (Å²) in [6.45, 7) is 0. The zero-order valence-corrected chi connectivity index (χ0v) is 12.8. The minimum atomic E-state index is -3.16. The Morgan fingerprint density at radius 2 is 2.00 bits per heavy atom. The molecule has 1 saturated heterocycles. The van der Waals surface area contributed by atoms with Crippen molar-refractivity contribution in [1.82, 2.24) is 0 Å². The van der Waals surface area contributed by atoms with Gasteiger partial charge < -0.3 is 15.2 Å². The summed E-state index contributed by atoms with van der Waals surface area (Å²) in [5.74, 6) is -1.62. The van der Waals surface area contributed by atoms with E-state index < -0.39 is 33.9 Å². The predicted molar refractivity (Wildman–Crippen MR) is 79.2 cm³/mol. The number of hydrogen-bond donors (Lipinski definition) is 2. The number of aliphatic carboxylic acids is 1. The number of anilines is 1. The normalized spacial score (nSPS) is 21.5. The van der Waals surface area contributed by atoms with Gasteiger partial charge in [0.1, 0.15) is 6.10 Å². The van der Waals surface area contributed by atoms with Crippen LogP contribution >= 0.6 is 0 Å². The van der Waals surface area contributed by atoms with E-state index in [1.807, 2.05) is 0 Å². The Labute approximate surface area is 128 Å². The first-order valence-electron chi connectivity index (χ1n) is 6.70. The average Bonchev–Trinajstić information content (AvgIpc) is 2.86. The van der Waals surface area contributed by atoms with E-state index in [-0.39, 0.29) is 5.75 Å². The molecule has 22 heavy (non-hydrogen) atoms. The van der Waals surface area contributed by atoms with Gasteiger partial charge in [0, 0.05) is 11.9 Å². The molecule has 120 valence electrons. The van der Waals surface area contributed by atoms with E-state index in [0.717, 1.165) is 6.26 Å². The number of ether oxygens (including phenoxy) is 1. The number of amides is 1. The molecule has 0 aliphatic carbocycles. The van der Waals surface area contributed by atoms with Crippen LogP contribution in [0.15, 0.2) is 24.3 Å². The molecule has 8 heteroatoms. The van der Waals surface area contributed by atoms with Crippen LogP contribution in [0.2, 0.25) is 0 Å². The van der Waals surface area contributed by atoms with Crippen LogP contribution in [0.5, 0.6) is 0 Å². The number of carbonyl (C=O) groups is 2. The Hall–Kier alpha value is -1.93. The van der Waals surface area contributed by atoms with Crippen molar-refractivity contribution in [2.75, 3.05) is 11.6 Å². The average molecular weight is 327 g/mol. The molecule has 1 aromatic carbocycles. The van der Waals surface area contributed by atoms with Gasteiger partial charge in [-0.1, -0.05) is 12.1 Å². The summed E-state index contributed by atoms with van der Waals surface area (Å²) in [4.78, 5) is 22.8. The number of sulfone groups is 1. The van der Waals surface area contributed by atoms with Crippen LogP contribution in [0.25, 0.3) is 0 Å². The van der Waals surface area contributed by atoms with E-state index in [4.69, 9.17) is 9.84 Å². The fourth-order valence-electron chi connectivity index (χ4n) is 2.28. The molecule has 0 unspecified atom stereocenters. The molecule has 0 saturated carbocycles. The molecule has 0 bridgehead atoms. The zero-order valence-electron chi connectivity index (χ0n) is 12.0. The standard InChI is InChI=1S/C14H17NO6S/c1-22(19,20)8-9-3-2-4-10(7-9)15-13(16)11-5-6-12(21-11)14(17)18/h2-4,7,11-12H,5-6,8H2,1H3,(H,15,16)(H,17,18)/t11-,12+/m0/s1. The fourth-order valence-corrected chi connectivity index (χ4v) is 3.06. The molecule has 1 aliphatic rings. The number of benzene rings is 1. The van der Waals surface area contributed by atoms with Crippen molar-refractivity contribution >= 4 is 27.4 Å². The van der Waals surface area contributed by atoms with Crippen molar-refractivity contribution in [3.63, 3.8) is 0 Å². The first-order valence-corrected chi connectivity index (χ1v) is 8.76. The zero-order chi connectivity index (χ0) is 16.3. The maximum absolute atomic E-state index is 12.0. The van der Waals surface area contributed by atoms with E-state index in [9.17, 15) is 18.0 Å². The maximum Gasteiger partial charge on any atom is 0.332 e. The summed E-state index contributed by atoms with van der Waals surface area (Å²) in [6, 6.07) is 6.50. The molecular weight excluding hydrogens is 310 g/mol. The summed E-state index contributed by atoms with van der Waals surface area (Å²) in [5.41, 5.74) is 1.02. The molecule has 0 spiro atoms. The van der Waals surface area contributed by atoms with Crippen LogP contribution in [-0.2, 0) is 29.9 Å². The molecule has 1 heterocycles. The van der Waals surface area contributed by atoms with Crippen molar-refractivity contribution in [3.05, 3.63) is 29.8 Å². The number of hydrogen-bond acceptors (Lipinski definition) is 5. The number of carboxylic acids is 1. The van der Waals surface area contributed by atoms with E-state index in [2.05, 4.69) is 5.32 Å². The fraction of sp³-hybridized carbons (Fsp3) is 0.429. The Bertz CT molecular complexity index is 684. The molecule has 1 aromatic rings. The Morgan fingerprint density at radius 1 is 1.32 bits per heavy atom. The second kappa shape index (κ2) is 6.45. The highest BCUT2D eigenvalue weighted by Gasteiger charge is 2.34. The molecule has 1 amide bonds. The lowest BCUT2D eigenvalue weighted by molar-refractivity contribution is -0.150. The largest absolute Gasteiger partial charge is 0.479 e. The van der Waals surface area contributed by atoms with Gasteiger partial charge in [-0.05, 0) is 30.5 Å². The predicted octanol–water partition coefficient (Wildman–Crippen LogP) is 0.802. The number of nitrogens with one attached hydrogen (secondary N) is 1. The summed E-state index contributed by atoms with van der Waals surface area (Å²) in [5, 5.41) is 11.5. The lowest BCUT2D eigenvalue weighted by atomic mass is 10.1. The van der Waals surface area contributed by atoms with E-state index >= 15 is 0 Å². The lowest BCUT2D eigenvalue weighted by Gasteiger charge is -2.12. The minimum absolute atomic E-state index is 0.113. The second-order valence-corrected chi connectivity index (χ2v) is 7.43. The van der Waals surface area contributed by atoms with Gasteiger partial charge in [0.05, 0.1) is 5.75 Å². The van der Waals surface area contributed by atoms with Gasteiger partial charge in [0.15, 0.2) is 15.9 Å². The first-order chi connectivity index (χ1) is 10.2. The van der Waals surface area contributed by atoms with Crippen molar-refractivity contribution in [3.8, 4) is 0 Å². The second-order valence-electron chi connectivity index (χ2n) is 5.29. The van der Waals surface area contributed by atoms with Crippen LogP contribution in [0.3, 0.4) is 0 Å². The minimum Gasteiger partial charge on any atom is -0.479 e. The molecular formula is C14H17NO6S. The molecule has 7 nitrogen and oxygen atoms in total. The molecule has 0 radical (unpaired) electrons. The van der Waals surface area contributed by atoms with Crippen LogP contribution in [0.1, 0.15) is 18.4 Å². The van der Waals surface area contributed by atoms with Crippen LogP contribution in [0, 0.1) is 0 Å². The Morgan fingerprint density at radius 3 is 2.59 bits per heavy atom. The Kier molecular flexibility index (Phi) is 4.82. The number of carboxylic acid groups (broad SMARTS) is 1. The Balaban J connectivity index is 2.00. The first kappa shape index (κ1) is 16.4. The van der Waals surface area contributed by atoms with Crippen LogP contribution in [0.4, 0.5) is 5.69 Å². The lowest BCUT2D eigenvalue weighted by Crippen LogP contribution is -2.29. The van der Waals surface area contributed by atoms with Crippen LogP contribution in [-0.4, -0.2) is 43.9 Å². The third kappa shape index (κ3) is 4.54. The van der Waals surface area contributed by atoms with E-state index in [1.54, 1.807) is 24.3 Å². The van der Waals surface area contributed by atoms with Gasteiger partial charge >= 0.3 is 5.97 Å². The molecule has 2 atom stereocenters. The van der Waals surface area contributed by atoms with Gasteiger partial charge in [-0.25, -0.2) is 13.2 Å². The number of carbonyl (C=O) groups excluding carboxylic acids is 1. The smallest absolute Gasteiger partial charge is 0.332 e. The summed E-state index contributed by atoms with van der Waals surface area (Å²) < 4.78 is 27.7. The van der Waals surface area contributed by atoms with Crippen LogP contribution < -0.4 is 5.32 Å². The third-order valence-electron chi connectivity index (χ3n) is 3.21. The summed E-state index contributed by atoms with van der Waals surface area (Å²) in [7, 11) is -3.16. The highest BCUT2D eigenvalue weighted by atomic mass is 32.2. The quantitative estimate of drug-likeness (QED) is 0.828. The highest BCUT2D eigenvalue weighted by Crippen LogP contribution is 2.22. The van der Waals surface area contributed by atoms with Crippen molar-refractivity contribution in [2.45, 2.75) is 30.8 Å². The summed E-state index contributed by atoms with van der Waals surface area (Å²) in [6.07, 6.45) is 0.0105. The SMILES string of the molecule is CS(=O)(=O)Cc1cccc(NC(=O)[C@@H]2CC[C@H](C(=O)O)O2)c1. The highest BCUT2D eigenvalue weighted by molar-refractivity contribution is 7.89. The molecule has 0 aromatic heterocycles. The van der Waals surface area contributed by atoms with Gasteiger partial charge in [-0.3, -0.25) is 4.79 Å². The van der Waals surface area contributed by atoms with Crippen molar-refractivity contribution in [2.24, 2.45) is 0 Å². The van der Waals surface area contributed by atoms with Gasteiger partial charge in [0.25, 0.3) is 5.91 Å². The van der Waals surface area contributed by atoms with Crippen molar-refractivity contribution in [1.29, 1.82) is 0 Å². The third-order valence-corrected chi connectivity index (χ3v) is 4.07. The maximum atomic E-state index is 12.0. The topological polar surface area (TPSA) is 110 Å². The molecule has 1 aliphatic heterocycles. The van der Waals surface area contributed by atoms with Crippen molar-refractivity contribution < 1.29 is 27.9 Å². The van der Waals surface area contributed by atoms with Gasteiger partial charge in [-0.2, -0.15) is 0 Å². The van der Waals surface area contributed by atoms with Gasteiger partial charge in [-0.15, -0.1) is 0 Å². The molecule has 2 rings (SSSR count). The molecule has 2 N–H and O–H groups in total. The molecule has 1 fully saturated rings.